The van der Waals surface area contributed by atoms with Crippen molar-refractivity contribution in [1.29, 1.82) is 0 Å². The zero-order valence-electron chi connectivity index (χ0n) is 15.1. The lowest BCUT2D eigenvalue weighted by Crippen LogP contribution is -2.24. The number of hydrogen-bond acceptors (Lipinski definition) is 5. The molecule has 0 radical (unpaired) electrons. The van der Waals surface area contributed by atoms with Crippen LogP contribution < -0.4 is 10.3 Å². The fourth-order valence-corrected chi connectivity index (χ4v) is 3.34. The summed E-state index contributed by atoms with van der Waals surface area (Å²) < 4.78 is 28.7. The molecule has 1 unspecified atom stereocenters. The Bertz CT molecular complexity index is 1050. The van der Waals surface area contributed by atoms with Gasteiger partial charge >= 0.3 is 5.56 Å². The molecule has 0 aliphatic rings. The second-order valence-corrected chi connectivity index (χ2v) is 7.41. The molecule has 0 saturated heterocycles. The highest BCUT2D eigenvalue weighted by Crippen LogP contribution is 2.27. The minimum absolute atomic E-state index is 0.0614. The summed E-state index contributed by atoms with van der Waals surface area (Å²) in [5.41, 5.74) is 2.07. The number of hydrogen-bond donors (Lipinski definition) is 0. The molecule has 0 aliphatic carbocycles. The molecular weight excluding hydrogens is 400 g/mol. The van der Waals surface area contributed by atoms with Crippen molar-refractivity contribution < 1.29 is 13.5 Å². The van der Waals surface area contributed by atoms with Gasteiger partial charge in [-0.1, -0.05) is 59.9 Å². The minimum atomic E-state index is -2.16. The average Bonchev–Trinajstić information content (AvgIpc) is 2.67. The summed E-state index contributed by atoms with van der Waals surface area (Å²) in [6.07, 6.45) is 2.31. The molecule has 1 aromatic heterocycles. The van der Waals surface area contributed by atoms with Crippen LogP contribution in [0.4, 0.5) is 0 Å². The summed E-state index contributed by atoms with van der Waals surface area (Å²) in [7, 11) is 0. The molecule has 0 fully saturated rings. The van der Waals surface area contributed by atoms with E-state index in [9.17, 15) is 13.6 Å². The summed E-state index contributed by atoms with van der Waals surface area (Å²) in [6.45, 7) is 2.34. The van der Waals surface area contributed by atoms with Crippen molar-refractivity contribution in [2.45, 2.75) is 19.1 Å². The second kappa shape index (κ2) is 9.14. The van der Waals surface area contributed by atoms with Crippen LogP contribution in [0.25, 0.3) is 16.8 Å². The zero-order chi connectivity index (χ0) is 20.1. The van der Waals surface area contributed by atoms with Gasteiger partial charge in [0.2, 0.25) is 0 Å². The van der Waals surface area contributed by atoms with Gasteiger partial charge in [-0.05, 0) is 35.7 Å². The average molecular weight is 418 g/mol. The highest BCUT2D eigenvalue weighted by Gasteiger charge is 2.16. The van der Waals surface area contributed by atoms with Crippen LogP contribution in [0.2, 0.25) is 5.02 Å². The van der Waals surface area contributed by atoms with Crippen LogP contribution in [0, 0.1) is 0 Å². The highest BCUT2D eigenvalue weighted by atomic mass is 35.5. The Morgan fingerprint density at radius 2 is 1.96 bits per heavy atom. The topological polar surface area (TPSA) is 84.2 Å². The molecular formula is C20H18ClN2O4S-. The van der Waals surface area contributed by atoms with Gasteiger partial charge in [0, 0.05) is 16.3 Å². The molecule has 0 aliphatic heterocycles. The van der Waals surface area contributed by atoms with Crippen LogP contribution in [-0.4, -0.2) is 25.1 Å². The fraction of sp³-hybridized carbons (Fsp3) is 0.200. The normalized spacial score (nSPS) is 12.0. The number of rotatable bonds is 7. The van der Waals surface area contributed by atoms with Gasteiger partial charge in [-0.25, -0.2) is 0 Å². The molecule has 3 aromatic rings. The largest absolute Gasteiger partial charge is 0.772 e. The van der Waals surface area contributed by atoms with Crippen LogP contribution in [-0.2, 0) is 16.8 Å². The lowest BCUT2D eigenvalue weighted by Gasteiger charge is -2.13. The SMILES string of the molecule is CCCOc1c(-c2ccc(CS(=O)[O-])cc2)cnn(-c2cccc(Cl)c2)c1=O. The lowest BCUT2D eigenvalue weighted by atomic mass is 10.1. The Labute approximate surface area is 170 Å². The van der Waals surface area contributed by atoms with Gasteiger partial charge in [0.1, 0.15) is 0 Å². The summed E-state index contributed by atoms with van der Waals surface area (Å²) in [5.74, 6) is 0.130. The third-order valence-electron chi connectivity index (χ3n) is 3.99. The molecule has 2 aromatic carbocycles. The maximum atomic E-state index is 13.0. The van der Waals surface area contributed by atoms with Crippen molar-refractivity contribution in [1.82, 2.24) is 9.78 Å². The summed E-state index contributed by atoms with van der Waals surface area (Å²) in [4.78, 5) is 13.0. The van der Waals surface area contributed by atoms with Crippen LogP contribution >= 0.6 is 11.6 Å². The maximum Gasteiger partial charge on any atom is 0.314 e. The van der Waals surface area contributed by atoms with Crippen molar-refractivity contribution in [3.05, 3.63) is 75.7 Å². The van der Waals surface area contributed by atoms with Crippen LogP contribution in [0.1, 0.15) is 18.9 Å². The van der Waals surface area contributed by atoms with E-state index in [1.54, 1.807) is 54.7 Å². The first kappa shape index (κ1) is 20.3. The maximum absolute atomic E-state index is 13.0. The molecule has 6 nitrogen and oxygen atoms in total. The second-order valence-electron chi connectivity index (χ2n) is 6.08. The van der Waals surface area contributed by atoms with Crippen molar-refractivity contribution in [3.8, 4) is 22.6 Å². The van der Waals surface area contributed by atoms with E-state index in [2.05, 4.69) is 5.10 Å². The van der Waals surface area contributed by atoms with Crippen LogP contribution in [0.5, 0.6) is 5.75 Å². The van der Waals surface area contributed by atoms with Gasteiger partial charge in [-0.15, -0.1) is 0 Å². The monoisotopic (exact) mass is 417 g/mol. The fourth-order valence-electron chi connectivity index (χ4n) is 2.70. The third kappa shape index (κ3) is 4.67. The predicted molar refractivity (Wildman–Crippen MR) is 109 cm³/mol. The van der Waals surface area contributed by atoms with Crippen molar-refractivity contribution >= 4 is 22.7 Å². The highest BCUT2D eigenvalue weighted by molar-refractivity contribution is 7.78. The lowest BCUT2D eigenvalue weighted by molar-refractivity contribution is 0.312. The Kier molecular flexibility index (Phi) is 6.61. The van der Waals surface area contributed by atoms with Gasteiger partial charge in [-0.2, -0.15) is 9.78 Å². The van der Waals surface area contributed by atoms with Crippen molar-refractivity contribution in [3.63, 3.8) is 0 Å². The van der Waals surface area contributed by atoms with E-state index in [4.69, 9.17) is 16.3 Å². The first-order valence-electron chi connectivity index (χ1n) is 8.66. The van der Waals surface area contributed by atoms with E-state index in [0.29, 0.717) is 28.4 Å². The standard InChI is InChI=1S/C20H19ClN2O4S/c1-2-10-27-19-18(15-8-6-14(7-9-15)13-28(25)26)12-22-23(20(19)24)17-5-3-4-16(21)11-17/h3-9,11-12H,2,10,13H2,1H3,(H,25,26)/p-1. The minimum Gasteiger partial charge on any atom is -0.772 e. The predicted octanol–water partition coefficient (Wildman–Crippen LogP) is 3.72. The Balaban J connectivity index is 2.07. The molecule has 0 amide bonds. The van der Waals surface area contributed by atoms with E-state index in [0.717, 1.165) is 12.0 Å². The smallest absolute Gasteiger partial charge is 0.314 e. The van der Waals surface area contributed by atoms with Crippen molar-refractivity contribution in [2.24, 2.45) is 0 Å². The molecule has 0 N–H and O–H groups in total. The Morgan fingerprint density at radius 3 is 2.61 bits per heavy atom. The number of aromatic nitrogens is 2. The van der Waals surface area contributed by atoms with Crippen LogP contribution in [0.3, 0.4) is 0 Å². The van der Waals surface area contributed by atoms with E-state index in [-0.39, 0.29) is 11.5 Å². The molecule has 146 valence electrons. The first-order chi connectivity index (χ1) is 13.5. The van der Waals surface area contributed by atoms with Gasteiger partial charge < -0.3 is 9.29 Å². The first-order valence-corrected chi connectivity index (χ1v) is 10.3. The van der Waals surface area contributed by atoms with Crippen LogP contribution in [0.15, 0.2) is 59.5 Å². The van der Waals surface area contributed by atoms with Gasteiger partial charge in [0.25, 0.3) is 0 Å². The number of halogens is 1. The quantitative estimate of drug-likeness (QED) is 0.547. The van der Waals surface area contributed by atoms with Gasteiger partial charge in [0.05, 0.1) is 18.5 Å². The zero-order valence-corrected chi connectivity index (χ0v) is 16.7. The third-order valence-corrected chi connectivity index (χ3v) is 4.79. The summed E-state index contributed by atoms with van der Waals surface area (Å²) in [5, 5.41) is 4.77. The van der Waals surface area contributed by atoms with E-state index >= 15 is 0 Å². The summed E-state index contributed by atoms with van der Waals surface area (Å²) >= 11 is 3.87. The van der Waals surface area contributed by atoms with E-state index < -0.39 is 16.6 Å². The Hall–Kier alpha value is -2.48. The van der Waals surface area contributed by atoms with Crippen molar-refractivity contribution in [2.75, 3.05) is 6.61 Å². The molecule has 1 heterocycles. The van der Waals surface area contributed by atoms with Gasteiger partial charge in [-0.3, -0.25) is 9.00 Å². The molecule has 3 rings (SSSR count). The van der Waals surface area contributed by atoms with E-state index in [1.165, 1.54) is 4.68 Å². The van der Waals surface area contributed by atoms with E-state index in [1.807, 2.05) is 6.92 Å². The number of ether oxygens (including phenoxy) is 1. The molecule has 28 heavy (non-hydrogen) atoms. The molecule has 1 atom stereocenters. The summed E-state index contributed by atoms with van der Waals surface area (Å²) in [6, 6.07) is 13.8. The molecule has 0 bridgehead atoms. The molecule has 8 heteroatoms. The number of benzene rings is 2. The molecule has 0 saturated carbocycles. The molecule has 0 spiro atoms. The number of nitrogens with zero attached hydrogens (tertiary/aromatic N) is 2. The Morgan fingerprint density at radius 1 is 1.21 bits per heavy atom. The van der Waals surface area contributed by atoms with Gasteiger partial charge in [0.15, 0.2) is 5.75 Å².